The van der Waals surface area contributed by atoms with Crippen LogP contribution in [0.5, 0.6) is 0 Å². The molecule has 108 valence electrons. The average Bonchev–Trinajstić information content (AvgIpc) is 2.38. The maximum atomic E-state index is 11.6. The van der Waals surface area contributed by atoms with Gasteiger partial charge in [-0.1, -0.05) is 12.1 Å². The second-order valence-corrected chi connectivity index (χ2v) is 4.09. The van der Waals surface area contributed by atoms with Crippen LogP contribution in [0.25, 0.3) is 0 Å². The third-order valence-electron chi connectivity index (χ3n) is 2.55. The summed E-state index contributed by atoms with van der Waals surface area (Å²) < 4.78 is 0. The molecule has 0 aliphatic rings. The van der Waals surface area contributed by atoms with Crippen LogP contribution in [0.15, 0.2) is 24.3 Å². The third kappa shape index (κ3) is 4.56. The van der Waals surface area contributed by atoms with Crippen molar-refractivity contribution < 1.29 is 19.6 Å². The van der Waals surface area contributed by atoms with Gasteiger partial charge in [-0.25, -0.2) is 0 Å². The first-order valence-electron chi connectivity index (χ1n) is 5.85. The molecule has 0 saturated heterocycles. The first-order valence-corrected chi connectivity index (χ1v) is 5.85. The van der Waals surface area contributed by atoms with Crippen LogP contribution >= 0.6 is 0 Å². The van der Waals surface area contributed by atoms with Crippen LogP contribution in [0, 0.1) is 10.1 Å². The summed E-state index contributed by atoms with van der Waals surface area (Å²) in [5.74, 6) is -1.44. The van der Waals surface area contributed by atoms with E-state index in [4.69, 9.17) is 5.11 Å². The number of carboxylic acids is 1. The van der Waals surface area contributed by atoms with E-state index >= 15 is 0 Å². The number of hydrogen-bond acceptors (Lipinski definition) is 5. The predicted molar refractivity (Wildman–Crippen MR) is 71.5 cm³/mol. The largest absolute Gasteiger partial charge is 0.480 e. The Morgan fingerprint density at radius 1 is 1.40 bits per heavy atom. The van der Waals surface area contributed by atoms with Gasteiger partial charge in [0, 0.05) is 26.1 Å². The number of anilines is 1. The van der Waals surface area contributed by atoms with Gasteiger partial charge in [0.1, 0.15) is 12.2 Å². The fourth-order valence-corrected chi connectivity index (χ4v) is 1.57. The van der Waals surface area contributed by atoms with Crippen molar-refractivity contribution in [3.8, 4) is 0 Å². The van der Waals surface area contributed by atoms with Gasteiger partial charge in [-0.05, 0) is 6.07 Å². The molecule has 2 N–H and O–H groups in total. The smallest absolute Gasteiger partial charge is 0.323 e. The lowest BCUT2D eigenvalue weighted by atomic mass is 10.2. The molecule has 0 radical (unpaired) electrons. The molecule has 0 fully saturated rings. The normalized spacial score (nSPS) is 9.85. The number of rotatable bonds is 7. The van der Waals surface area contributed by atoms with Crippen LogP contribution < -0.4 is 5.32 Å². The van der Waals surface area contributed by atoms with Gasteiger partial charge >= 0.3 is 5.97 Å². The summed E-state index contributed by atoms with van der Waals surface area (Å²) in [6, 6.07) is 6.10. The molecule has 1 rings (SSSR count). The zero-order valence-electron chi connectivity index (χ0n) is 10.9. The van der Waals surface area contributed by atoms with Crippen LogP contribution in [0.3, 0.4) is 0 Å². The monoisotopic (exact) mass is 281 g/mol. The second-order valence-electron chi connectivity index (χ2n) is 4.09. The lowest BCUT2D eigenvalue weighted by Crippen LogP contribution is -2.32. The quantitative estimate of drug-likeness (QED) is 0.568. The van der Waals surface area contributed by atoms with Crippen molar-refractivity contribution in [3.63, 3.8) is 0 Å². The summed E-state index contributed by atoms with van der Waals surface area (Å²) >= 11 is 0. The number of carbonyl (C=O) groups excluding carboxylic acids is 1. The first-order chi connectivity index (χ1) is 9.41. The van der Waals surface area contributed by atoms with E-state index in [2.05, 4.69) is 5.32 Å². The average molecular weight is 281 g/mol. The van der Waals surface area contributed by atoms with Crippen molar-refractivity contribution in [2.45, 2.75) is 6.42 Å². The van der Waals surface area contributed by atoms with Gasteiger partial charge in [0.05, 0.1) is 4.92 Å². The third-order valence-corrected chi connectivity index (χ3v) is 2.55. The van der Waals surface area contributed by atoms with E-state index < -0.39 is 10.9 Å². The molecule has 20 heavy (non-hydrogen) atoms. The van der Waals surface area contributed by atoms with Gasteiger partial charge in [-0.15, -0.1) is 0 Å². The van der Waals surface area contributed by atoms with E-state index in [9.17, 15) is 19.7 Å². The fraction of sp³-hybridized carbons (Fsp3) is 0.333. The van der Waals surface area contributed by atoms with Crippen LogP contribution in [0.1, 0.15) is 6.42 Å². The lowest BCUT2D eigenvalue weighted by Gasteiger charge is -2.14. The Hall–Kier alpha value is -2.64. The molecule has 0 aliphatic heterocycles. The van der Waals surface area contributed by atoms with Crippen molar-refractivity contribution in [1.29, 1.82) is 0 Å². The zero-order chi connectivity index (χ0) is 15.1. The van der Waals surface area contributed by atoms with Crippen molar-refractivity contribution in [1.82, 2.24) is 4.90 Å². The number of carboxylic acid groups (broad SMARTS) is 1. The number of carbonyl (C=O) groups is 2. The van der Waals surface area contributed by atoms with E-state index in [1.54, 1.807) is 18.2 Å². The molecule has 0 unspecified atom stereocenters. The Kier molecular flexibility index (Phi) is 5.45. The van der Waals surface area contributed by atoms with Crippen molar-refractivity contribution in [2.24, 2.45) is 0 Å². The summed E-state index contributed by atoms with van der Waals surface area (Å²) in [5, 5.41) is 22.1. The molecule has 0 spiro atoms. The topological polar surface area (TPSA) is 113 Å². The number of nitro benzene ring substituents is 1. The SMILES string of the molecule is CN(CC(=O)O)C(=O)CCNc1ccccc1[N+](=O)[O-]. The molecule has 1 amide bonds. The van der Waals surface area contributed by atoms with Crippen molar-refractivity contribution in [2.75, 3.05) is 25.5 Å². The van der Waals surface area contributed by atoms with Gasteiger partial charge in [-0.2, -0.15) is 0 Å². The maximum Gasteiger partial charge on any atom is 0.323 e. The highest BCUT2D eigenvalue weighted by molar-refractivity contribution is 5.81. The molecule has 0 bridgehead atoms. The Morgan fingerprint density at radius 2 is 2.05 bits per heavy atom. The number of aliphatic carboxylic acids is 1. The lowest BCUT2D eigenvalue weighted by molar-refractivity contribution is -0.384. The Labute approximate surface area is 115 Å². The number of likely N-dealkylation sites (N-methyl/N-ethyl adjacent to an activating group) is 1. The first kappa shape index (κ1) is 15.4. The fourth-order valence-electron chi connectivity index (χ4n) is 1.57. The Bertz CT molecular complexity index is 518. The van der Waals surface area contributed by atoms with E-state index in [0.717, 1.165) is 4.90 Å². The molecular weight excluding hydrogens is 266 g/mol. The minimum atomic E-state index is -1.09. The van der Waals surface area contributed by atoms with Crippen LogP contribution in [-0.2, 0) is 9.59 Å². The van der Waals surface area contributed by atoms with E-state index in [1.807, 2.05) is 0 Å². The number of nitrogens with one attached hydrogen (secondary N) is 1. The summed E-state index contributed by atoms with van der Waals surface area (Å²) in [5.41, 5.74) is 0.255. The molecule has 0 atom stereocenters. The van der Waals surface area contributed by atoms with E-state index in [1.165, 1.54) is 13.1 Å². The van der Waals surface area contributed by atoms with Crippen molar-refractivity contribution >= 4 is 23.3 Å². The number of amides is 1. The van der Waals surface area contributed by atoms with Gasteiger partial charge in [0.25, 0.3) is 5.69 Å². The highest BCUT2D eigenvalue weighted by Crippen LogP contribution is 2.22. The highest BCUT2D eigenvalue weighted by atomic mass is 16.6. The van der Waals surface area contributed by atoms with Crippen molar-refractivity contribution in [3.05, 3.63) is 34.4 Å². The summed E-state index contributed by atoms with van der Waals surface area (Å²) in [7, 11) is 1.39. The minimum Gasteiger partial charge on any atom is -0.480 e. The molecule has 1 aromatic carbocycles. The molecule has 0 saturated carbocycles. The molecule has 0 heterocycles. The molecule has 0 aromatic heterocycles. The highest BCUT2D eigenvalue weighted by Gasteiger charge is 2.14. The molecule has 8 heteroatoms. The molecule has 1 aromatic rings. The van der Waals surface area contributed by atoms with Crippen LogP contribution in [0.4, 0.5) is 11.4 Å². The predicted octanol–water partition coefficient (Wildman–Crippen LogP) is 0.940. The summed E-state index contributed by atoms with van der Waals surface area (Å²) in [4.78, 5) is 33.4. The number of nitro groups is 1. The Balaban J connectivity index is 2.51. The number of hydrogen-bond donors (Lipinski definition) is 2. The second kappa shape index (κ2) is 7.07. The molecule has 8 nitrogen and oxygen atoms in total. The minimum absolute atomic E-state index is 0.0514. The van der Waals surface area contributed by atoms with Gasteiger partial charge in [0.2, 0.25) is 5.91 Å². The van der Waals surface area contributed by atoms with E-state index in [0.29, 0.717) is 5.69 Å². The molecular formula is C12H15N3O5. The standard InChI is InChI=1S/C12H15N3O5/c1-14(8-12(17)18)11(16)6-7-13-9-4-2-3-5-10(9)15(19)20/h2-5,13H,6-8H2,1H3,(H,17,18). The van der Waals surface area contributed by atoms with Gasteiger partial charge < -0.3 is 15.3 Å². The van der Waals surface area contributed by atoms with Crippen LogP contribution in [0.2, 0.25) is 0 Å². The number of benzene rings is 1. The number of nitrogens with zero attached hydrogens (tertiary/aromatic N) is 2. The zero-order valence-corrected chi connectivity index (χ0v) is 10.9. The van der Waals surface area contributed by atoms with Gasteiger partial charge in [0.15, 0.2) is 0 Å². The number of para-hydroxylation sites is 2. The summed E-state index contributed by atoms with van der Waals surface area (Å²) in [6.07, 6.45) is 0.0514. The molecule has 0 aliphatic carbocycles. The van der Waals surface area contributed by atoms with Crippen LogP contribution in [-0.4, -0.2) is 46.9 Å². The van der Waals surface area contributed by atoms with E-state index in [-0.39, 0.29) is 31.1 Å². The maximum absolute atomic E-state index is 11.6. The van der Waals surface area contributed by atoms with Gasteiger partial charge in [-0.3, -0.25) is 19.7 Å². The Morgan fingerprint density at radius 3 is 2.65 bits per heavy atom. The summed E-state index contributed by atoms with van der Waals surface area (Å²) in [6.45, 7) is -0.183.